The van der Waals surface area contributed by atoms with Gasteiger partial charge >= 0.3 is 0 Å². The first-order valence-corrected chi connectivity index (χ1v) is 6.14. The predicted octanol–water partition coefficient (Wildman–Crippen LogP) is -0.391. The summed E-state index contributed by atoms with van der Waals surface area (Å²) in [4.78, 5) is 11.1. The molecule has 0 heterocycles. The van der Waals surface area contributed by atoms with E-state index in [-0.39, 0.29) is 5.91 Å². The summed E-state index contributed by atoms with van der Waals surface area (Å²) in [5.74, 6) is 0.506. The first kappa shape index (κ1) is 12.6. The van der Waals surface area contributed by atoms with Gasteiger partial charge in [0.15, 0.2) is 0 Å². The Morgan fingerprint density at radius 2 is 2.23 bits per heavy atom. The van der Waals surface area contributed by atoms with Gasteiger partial charge < -0.3 is 11.1 Å². The van der Waals surface area contributed by atoms with E-state index >= 15 is 0 Å². The summed E-state index contributed by atoms with van der Waals surface area (Å²) in [7, 11) is -0.775. The summed E-state index contributed by atoms with van der Waals surface area (Å²) in [6, 6.07) is -0.410. The highest BCUT2D eigenvalue weighted by Gasteiger charge is 2.08. The minimum absolute atomic E-state index is 0.121. The number of nitrogens with two attached hydrogens (primary N) is 1. The van der Waals surface area contributed by atoms with Crippen molar-refractivity contribution in [3.63, 3.8) is 0 Å². The van der Waals surface area contributed by atoms with Crippen molar-refractivity contribution in [3.05, 3.63) is 0 Å². The summed E-state index contributed by atoms with van der Waals surface area (Å²) in [6.45, 7) is 2.43. The molecule has 0 aliphatic rings. The van der Waals surface area contributed by atoms with Gasteiger partial charge in [0.05, 0.1) is 6.04 Å². The van der Waals surface area contributed by atoms with E-state index in [1.54, 1.807) is 6.26 Å². The Hall–Kier alpha value is -0.420. The molecule has 1 amide bonds. The van der Waals surface area contributed by atoms with E-state index in [0.717, 1.165) is 6.42 Å². The van der Waals surface area contributed by atoms with Crippen LogP contribution in [-0.2, 0) is 15.6 Å². The second-order valence-corrected chi connectivity index (χ2v) is 4.49. The zero-order valence-electron chi connectivity index (χ0n) is 8.21. The van der Waals surface area contributed by atoms with Crippen LogP contribution in [0.4, 0.5) is 0 Å². The maximum absolute atomic E-state index is 11.1. The minimum Gasteiger partial charge on any atom is -0.355 e. The van der Waals surface area contributed by atoms with Crippen LogP contribution in [0.25, 0.3) is 0 Å². The van der Waals surface area contributed by atoms with Gasteiger partial charge in [-0.2, -0.15) is 0 Å². The van der Waals surface area contributed by atoms with E-state index < -0.39 is 16.8 Å². The molecule has 0 rings (SSSR count). The van der Waals surface area contributed by atoms with Crippen molar-refractivity contribution in [1.29, 1.82) is 0 Å². The number of hydrogen-bond donors (Lipinski definition) is 2. The van der Waals surface area contributed by atoms with Gasteiger partial charge in [-0.15, -0.1) is 0 Å². The van der Waals surface area contributed by atoms with Crippen LogP contribution in [0.1, 0.15) is 19.8 Å². The third-order valence-corrected chi connectivity index (χ3v) is 2.55. The topological polar surface area (TPSA) is 72.2 Å². The molecule has 0 aliphatic carbocycles. The molecule has 4 nitrogen and oxygen atoms in total. The van der Waals surface area contributed by atoms with Crippen LogP contribution < -0.4 is 11.1 Å². The molecule has 0 aromatic carbocycles. The second-order valence-electron chi connectivity index (χ2n) is 2.94. The van der Waals surface area contributed by atoms with E-state index in [1.807, 2.05) is 6.92 Å². The summed E-state index contributed by atoms with van der Waals surface area (Å²) >= 11 is 0. The zero-order chi connectivity index (χ0) is 10.3. The monoisotopic (exact) mass is 206 g/mol. The lowest BCUT2D eigenvalue weighted by molar-refractivity contribution is -0.122. The number of nitrogens with one attached hydrogen (secondary N) is 1. The van der Waals surface area contributed by atoms with Crippen LogP contribution in [0.3, 0.4) is 0 Å². The van der Waals surface area contributed by atoms with E-state index in [2.05, 4.69) is 5.32 Å². The molecule has 13 heavy (non-hydrogen) atoms. The molecule has 0 fully saturated rings. The Morgan fingerprint density at radius 3 is 2.69 bits per heavy atom. The van der Waals surface area contributed by atoms with Crippen LogP contribution in [0.2, 0.25) is 0 Å². The van der Waals surface area contributed by atoms with Gasteiger partial charge in [-0.05, 0) is 12.8 Å². The average Bonchev–Trinajstić information content (AvgIpc) is 2.10. The van der Waals surface area contributed by atoms with Gasteiger partial charge in [-0.1, -0.05) is 6.92 Å². The Balaban J connectivity index is 3.42. The smallest absolute Gasteiger partial charge is 0.236 e. The fraction of sp³-hybridized carbons (Fsp3) is 0.875. The third kappa shape index (κ3) is 6.72. The van der Waals surface area contributed by atoms with E-state index in [9.17, 15) is 9.00 Å². The SMILES string of the molecule is CCC(N)C(=O)NCCCS(C)=O. The first-order valence-electron chi connectivity index (χ1n) is 4.41. The van der Waals surface area contributed by atoms with Crippen molar-refractivity contribution >= 4 is 16.7 Å². The fourth-order valence-corrected chi connectivity index (χ4v) is 1.35. The first-order chi connectivity index (χ1) is 6.07. The lowest BCUT2D eigenvalue weighted by Gasteiger charge is -2.08. The van der Waals surface area contributed by atoms with Gasteiger partial charge in [0.2, 0.25) is 5.91 Å². The molecule has 0 saturated carbocycles. The van der Waals surface area contributed by atoms with Gasteiger partial charge in [-0.25, -0.2) is 0 Å². The second kappa shape index (κ2) is 7.03. The predicted molar refractivity (Wildman–Crippen MR) is 54.8 cm³/mol. The normalized spacial score (nSPS) is 15.0. The lowest BCUT2D eigenvalue weighted by atomic mass is 10.2. The molecule has 3 N–H and O–H groups in total. The number of carbonyl (C=O) groups excluding carboxylic acids is 1. The fourth-order valence-electron chi connectivity index (χ4n) is 0.804. The Labute approximate surface area is 81.7 Å². The maximum Gasteiger partial charge on any atom is 0.236 e. The quantitative estimate of drug-likeness (QED) is 0.581. The number of carbonyl (C=O) groups is 1. The highest BCUT2D eigenvalue weighted by molar-refractivity contribution is 7.84. The Kier molecular flexibility index (Phi) is 6.80. The molecular formula is C8H18N2O2S. The summed E-state index contributed by atoms with van der Waals surface area (Å²) in [5, 5.41) is 2.69. The maximum atomic E-state index is 11.1. The molecule has 0 saturated heterocycles. The van der Waals surface area contributed by atoms with Crippen LogP contribution in [0.5, 0.6) is 0 Å². The van der Waals surface area contributed by atoms with Crippen LogP contribution >= 0.6 is 0 Å². The van der Waals surface area contributed by atoms with E-state index in [4.69, 9.17) is 5.73 Å². The van der Waals surface area contributed by atoms with Crippen molar-refractivity contribution in [3.8, 4) is 0 Å². The van der Waals surface area contributed by atoms with E-state index in [1.165, 1.54) is 0 Å². The number of rotatable bonds is 6. The lowest BCUT2D eigenvalue weighted by Crippen LogP contribution is -2.40. The minimum atomic E-state index is -0.775. The highest BCUT2D eigenvalue weighted by Crippen LogP contribution is 1.86. The molecule has 78 valence electrons. The van der Waals surface area contributed by atoms with Crippen LogP contribution in [0.15, 0.2) is 0 Å². The van der Waals surface area contributed by atoms with Crippen LogP contribution in [-0.4, -0.2) is 34.7 Å². The Morgan fingerprint density at radius 1 is 1.62 bits per heavy atom. The molecule has 0 aliphatic heterocycles. The standard InChI is InChI=1S/C8H18N2O2S/c1-3-7(9)8(11)10-5-4-6-13(2)12/h7H,3-6,9H2,1-2H3,(H,10,11). The molecule has 2 atom stereocenters. The van der Waals surface area contributed by atoms with Gasteiger partial charge in [-0.3, -0.25) is 9.00 Å². The molecule has 0 aromatic rings. The molecule has 2 unspecified atom stereocenters. The number of amides is 1. The highest BCUT2D eigenvalue weighted by atomic mass is 32.2. The molecular weight excluding hydrogens is 188 g/mol. The zero-order valence-corrected chi connectivity index (χ0v) is 9.02. The van der Waals surface area contributed by atoms with Gasteiger partial charge in [0.25, 0.3) is 0 Å². The van der Waals surface area contributed by atoms with Crippen molar-refractivity contribution in [2.24, 2.45) is 5.73 Å². The molecule has 0 radical (unpaired) electrons. The van der Waals surface area contributed by atoms with Gasteiger partial charge in [0, 0.05) is 29.4 Å². The van der Waals surface area contributed by atoms with Crippen molar-refractivity contribution in [1.82, 2.24) is 5.32 Å². The third-order valence-electron chi connectivity index (χ3n) is 1.68. The van der Waals surface area contributed by atoms with E-state index in [0.29, 0.717) is 18.7 Å². The molecule has 0 spiro atoms. The molecule has 0 aromatic heterocycles. The summed E-state index contributed by atoms with van der Waals surface area (Å²) in [5.41, 5.74) is 5.49. The van der Waals surface area contributed by atoms with Crippen molar-refractivity contribution < 1.29 is 9.00 Å². The summed E-state index contributed by atoms with van der Waals surface area (Å²) in [6.07, 6.45) is 3.04. The summed E-state index contributed by atoms with van der Waals surface area (Å²) < 4.78 is 10.7. The molecule has 0 bridgehead atoms. The van der Waals surface area contributed by atoms with Crippen molar-refractivity contribution in [2.75, 3.05) is 18.6 Å². The number of hydrogen-bond acceptors (Lipinski definition) is 3. The van der Waals surface area contributed by atoms with Crippen molar-refractivity contribution in [2.45, 2.75) is 25.8 Å². The van der Waals surface area contributed by atoms with Gasteiger partial charge in [0.1, 0.15) is 0 Å². The average molecular weight is 206 g/mol. The Bertz CT molecular complexity index is 185. The molecule has 5 heteroatoms. The largest absolute Gasteiger partial charge is 0.355 e. The van der Waals surface area contributed by atoms with Crippen LogP contribution in [0, 0.1) is 0 Å².